The molecular weight excluding hydrogens is 204 g/mol. The van der Waals surface area contributed by atoms with Crippen LogP contribution in [0.1, 0.15) is 12.5 Å². The van der Waals surface area contributed by atoms with E-state index in [4.69, 9.17) is 10.5 Å². The lowest BCUT2D eigenvalue weighted by Crippen LogP contribution is -2.02. The second-order valence-electron chi connectivity index (χ2n) is 3.65. The molecule has 0 amide bonds. The number of carbonyl (C=O) groups excluding carboxylic acids is 1. The number of fused-ring (bicyclic) bond motifs is 1. The molecule has 0 aliphatic heterocycles. The van der Waals surface area contributed by atoms with Gasteiger partial charge in [0.25, 0.3) is 0 Å². The number of aromatic nitrogens is 1. The van der Waals surface area contributed by atoms with Crippen molar-refractivity contribution in [3.05, 3.63) is 30.0 Å². The van der Waals surface area contributed by atoms with Crippen LogP contribution in [0.5, 0.6) is 5.75 Å². The standard InChI is InChI=1S/C12H14N2O2/c1-8(15)16-10-2-3-12-11(6-10)9(4-5-13)7-14-12/h2-3,6-7,14H,4-5,13H2,1H3. The number of aromatic amines is 1. The van der Waals surface area contributed by atoms with E-state index in [0.717, 1.165) is 22.9 Å². The van der Waals surface area contributed by atoms with Crippen molar-refractivity contribution >= 4 is 16.9 Å². The highest BCUT2D eigenvalue weighted by Gasteiger charge is 2.05. The Balaban J connectivity index is 2.41. The fraction of sp³-hybridized carbons (Fsp3) is 0.250. The highest BCUT2D eigenvalue weighted by molar-refractivity contribution is 5.85. The summed E-state index contributed by atoms with van der Waals surface area (Å²) in [5.74, 6) is 0.258. The molecule has 0 radical (unpaired) electrons. The number of hydrogen-bond acceptors (Lipinski definition) is 3. The smallest absolute Gasteiger partial charge is 0.308 e. The highest BCUT2D eigenvalue weighted by atomic mass is 16.5. The van der Waals surface area contributed by atoms with Gasteiger partial charge in [-0.25, -0.2) is 0 Å². The van der Waals surface area contributed by atoms with Gasteiger partial charge in [-0.15, -0.1) is 0 Å². The van der Waals surface area contributed by atoms with E-state index in [2.05, 4.69) is 4.98 Å². The zero-order valence-corrected chi connectivity index (χ0v) is 9.12. The number of nitrogens with two attached hydrogens (primary N) is 1. The Kier molecular flexibility index (Phi) is 2.92. The molecule has 4 heteroatoms. The summed E-state index contributed by atoms with van der Waals surface area (Å²) in [4.78, 5) is 14.0. The molecule has 84 valence electrons. The Hall–Kier alpha value is -1.81. The predicted molar refractivity (Wildman–Crippen MR) is 62.4 cm³/mol. The Labute approximate surface area is 93.4 Å². The largest absolute Gasteiger partial charge is 0.427 e. The van der Waals surface area contributed by atoms with Gasteiger partial charge in [0.15, 0.2) is 0 Å². The van der Waals surface area contributed by atoms with Crippen LogP contribution in [0, 0.1) is 0 Å². The molecule has 4 nitrogen and oxygen atoms in total. The molecule has 2 rings (SSSR count). The van der Waals surface area contributed by atoms with Gasteiger partial charge in [0.05, 0.1) is 0 Å². The van der Waals surface area contributed by atoms with Crippen molar-refractivity contribution in [3.63, 3.8) is 0 Å². The average molecular weight is 218 g/mol. The van der Waals surface area contributed by atoms with E-state index in [9.17, 15) is 4.79 Å². The Morgan fingerprint density at radius 1 is 1.50 bits per heavy atom. The van der Waals surface area contributed by atoms with Crippen LogP contribution in [0.4, 0.5) is 0 Å². The third-order valence-corrected chi connectivity index (χ3v) is 2.41. The topological polar surface area (TPSA) is 68.1 Å². The lowest BCUT2D eigenvalue weighted by atomic mass is 10.1. The van der Waals surface area contributed by atoms with Crippen molar-refractivity contribution in [2.75, 3.05) is 6.54 Å². The second kappa shape index (κ2) is 4.37. The molecule has 0 aliphatic rings. The van der Waals surface area contributed by atoms with Crippen LogP contribution in [-0.2, 0) is 11.2 Å². The van der Waals surface area contributed by atoms with Crippen molar-refractivity contribution in [1.82, 2.24) is 4.98 Å². The Morgan fingerprint density at radius 2 is 2.31 bits per heavy atom. The minimum absolute atomic E-state index is 0.310. The number of carbonyl (C=O) groups is 1. The van der Waals surface area contributed by atoms with E-state index in [1.165, 1.54) is 6.92 Å². The van der Waals surface area contributed by atoms with Gasteiger partial charge in [-0.2, -0.15) is 0 Å². The first-order valence-electron chi connectivity index (χ1n) is 5.19. The van der Waals surface area contributed by atoms with Gasteiger partial charge in [0.2, 0.25) is 0 Å². The SMILES string of the molecule is CC(=O)Oc1ccc2[nH]cc(CCN)c2c1. The lowest BCUT2D eigenvalue weighted by molar-refractivity contribution is -0.131. The van der Waals surface area contributed by atoms with Crippen LogP contribution in [0.2, 0.25) is 0 Å². The summed E-state index contributed by atoms with van der Waals surface area (Å²) in [6.07, 6.45) is 2.75. The van der Waals surface area contributed by atoms with Crippen molar-refractivity contribution < 1.29 is 9.53 Å². The van der Waals surface area contributed by atoms with Crippen LogP contribution in [0.25, 0.3) is 10.9 Å². The molecule has 1 heterocycles. The second-order valence-corrected chi connectivity index (χ2v) is 3.65. The molecule has 3 N–H and O–H groups in total. The third kappa shape index (κ3) is 2.06. The first kappa shape index (κ1) is 10.7. The van der Waals surface area contributed by atoms with Crippen molar-refractivity contribution in [2.45, 2.75) is 13.3 Å². The van der Waals surface area contributed by atoms with Crippen LogP contribution in [-0.4, -0.2) is 17.5 Å². The van der Waals surface area contributed by atoms with Crippen molar-refractivity contribution in [1.29, 1.82) is 0 Å². The Morgan fingerprint density at radius 3 is 3.00 bits per heavy atom. The van der Waals surface area contributed by atoms with Gasteiger partial charge >= 0.3 is 5.97 Å². The monoisotopic (exact) mass is 218 g/mol. The molecule has 0 bridgehead atoms. The van der Waals surface area contributed by atoms with Gasteiger partial charge in [-0.05, 0) is 36.7 Å². The molecule has 0 atom stereocenters. The number of hydrogen-bond donors (Lipinski definition) is 2. The maximum Gasteiger partial charge on any atom is 0.308 e. The van der Waals surface area contributed by atoms with Crippen LogP contribution >= 0.6 is 0 Å². The quantitative estimate of drug-likeness (QED) is 0.607. The van der Waals surface area contributed by atoms with E-state index in [1.54, 1.807) is 6.07 Å². The summed E-state index contributed by atoms with van der Waals surface area (Å²) in [6.45, 7) is 1.99. The summed E-state index contributed by atoms with van der Waals surface area (Å²) in [5, 5.41) is 1.06. The zero-order valence-electron chi connectivity index (χ0n) is 9.12. The van der Waals surface area contributed by atoms with Gasteiger partial charge < -0.3 is 15.5 Å². The van der Waals surface area contributed by atoms with E-state index < -0.39 is 0 Å². The molecule has 1 aromatic carbocycles. The number of rotatable bonds is 3. The summed E-state index contributed by atoms with van der Waals surface area (Å²) in [5.41, 5.74) is 7.70. The number of benzene rings is 1. The maximum atomic E-state index is 10.8. The summed E-state index contributed by atoms with van der Waals surface area (Å²) < 4.78 is 5.04. The molecular formula is C12H14N2O2. The van der Waals surface area contributed by atoms with Crippen LogP contribution in [0.3, 0.4) is 0 Å². The summed E-state index contributed by atoms with van der Waals surface area (Å²) >= 11 is 0. The minimum Gasteiger partial charge on any atom is -0.427 e. The van der Waals surface area contributed by atoms with Gasteiger partial charge in [0.1, 0.15) is 5.75 Å². The van der Waals surface area contributed by atoms with E-state index in [-0.39, 0.29) is 5.97 Å². The summed E-state index contributed by atoms with van der Waals surface area (Å²) in [6, 6.07) is 5.53. The molecule has 0 spiro atoms. The molecule has 0 saturated heterocycles. The Bertz CT molecular complexity index is 517. The van der Waals surface area contributed by atoms with Crippen molar-refractivity contribution in [2.24, 2.45) is 5.73 Å². The van der Waals surface area contributed by atoms with E-state index in [0.29, 0.717) is 12.3 Å². The predicted octanol–water partition coefficient (Wildman–Crippen LogP) is 1.59. The number of H-pyrrole nitrogens is 1. The van der Waals surface area contributed by atoms with E-state index in [1.807, 2.05) is 18.3 Å². The first-order valence-corrected chi connectivity index (χ1v) is 5.19. The molecule has 0 unspecified atom stereocenters. The van der Waals surface area contributed by atoms with Crippen LogP contribution in [0.15, 0.2) is 24.4 Å². The fourth-order valence-electron chi connectivity index (χ4n) is 1.75. The van der Waals surface area contributed by atoms with Gasteiger partial charge in [-0.3, -0.25) is 4.79 Å². The molecule has 0 aliphatic carbocycles. The molecule has 2 aromatic rings. The molecule has 0 saturated carbocycles. The summed E-state index contributed by atoms with van der Waals surface area (Å²) in [7, 11) is 0. The fourth-order valence-corrected chi connectivity index (χ4v) is 1.75. The van der Waals surface area contributed by atoms with Crippen molar-refractivity contribution in [3.8, 4) is 5.75 Å². The number of nitrogens with one attached hydrogen (secondary N) is 1. The maximum absolute atomic E-state index is 10.8. The molecule has 16 heavy (non-hydrogen) atoms. The normalized spacial score (nSPS) is 10.6. The number of ether oxygens (including phenoxy) is 1. The highest BCUT2D eigenvalue weighted by Crippen LogP contribution is 2.24. The molecule has 1 aromatic heterocycles. The van der Waals surface area contributed by atoms with Crippen LogP contribution < -0.4 is 10.5 Å². The molecule has 0 fully saturated rings. The average Bonchev–Trinajstić information content (AvgIpc) is 2.61. The lowest BCUT2D eigenvalue weighted by Gasteiger charge is -2.02. The number of esters is 1. The van der Waals surface area contributed by atoms with Gasteiger partial charge in [0, 0.05) is 24.0 Å². The van der Waals surface area contributed by atoms with E-state index >= 15 is 0 Å². The third-order valence-electron chi connectivity index (χ3n) is 2.41. The first-order chi connectivity index (χ1) is 7.70. The van der Waals surface area contributed by atoms with Gasteiger partial charge in [-0.1, -0.05) is 0 Å². The minimum atomic E-state index is -0.310. The zero-order chi connectivity index (χ0) is 11.5.